The Morgan fingerprint density at radius 1 is 0.654 bits per heavy atom. The molecule has 3 heteroatoms. The van der Waals surface area contributed by atoms with Crippen molar-refractivity contribution < 1.29 is 10.1 Å². The number of aromatic amines is 1. The minimum absolute atomic E-state index is 0. The third-order valence-corrected chi connectivity index (χ3v) is 4.28. The van der Waals surface area contributed by atoms with Crippen LogP contribution < -0.4 is 10.1 Å². The zero-order chi connectivity index (χ0) is 17.1. The molecule has 3 aromatic carbocycles. The summed E-state index contributed by atoms with van der Waals surface area (Å²) < 4.78 is 0. The third-order valence-electron chi connectivity index (χ3n) is 4.28. The fourth-order valence-corrected chi connectivity index (χ4v) is 3.03. The van der Waals surface area contributed by atoms with Crippen LogP contribution in [0.3, 0.4) is 0 Å². The monoisotopic (exact) mass is 363 g/mol. The molecule has 120 valence electrons. The molecule has 4 rings (SSSR count). The quantitative estimate of drug-likeness (QED) is 0.405. The van der Waals surface area contributed by atoms with Crippen molar-refractivity contribution in [1.82, 2.24) is 0 Å². The predicted molar refractivity (Wildman–Crippen MR) is 105 cm³/mol. The van der Waals surface area contributed by atoms with Gasteiger partial charge in [-0.05, 0) is 33.9 Å². The summed E-state index contributed by atoms with van der Waals surface area (Å²) in [7, 11) is 0. The van der Waals surface area contributed by atoms with Crippen molar-refractivity contribution in [3.63, 3.8) is 0 Å². The van der Waals surface area contributed by atoms with Crippen LogP contribution in [0.15, 0.2) is 97.2 Å². The summed E-state index contributed by atoms with van der Waals surface area (Å²) >= 11 is 0. The molecule has 1 heterocycles. The van der Waals surface area contributed by atoms with E-state index in [9.17, 15) is 5.11 Å². The van der Waals surface area contributed by atoms with E-state index in [0.29, 0.717) is 11.3 Å². The van der Waals surface area contributed by atoms with E-state index in [1.54, 1.807) is 0 Å². The number of benzene rings is 3. The molecule has 0 aliphatic rings. The third kappa shape index (κ3) is 3.83. The average molecular weight is 363 g/mol. The number of H-pyrrole nitrogens is 1. The Hall–Kier alpha value is -2.13. The summed E-state index contributed by atoms with van der Waals surface area (Å²) in [5, 5.41) is 15.5. The van der Waals surface area contributed by atoms with E-state index in [0.717, 1.165) is 21.9 Å². The first-order valence-electron chi connectivity index (χ1n) is 8.26. The van der Waals surface area contributed by atoms with Crippen LogP contribution in [-0.2, 0) is 0 Å². The van der Waals surface area contributed by atoms with Gasteiger partial charge in [-0.25, -0.2) is 4.98 Å². The first-order chi connectivity index (χ1) is 12.3. The number of hydrogen-bond donors (Lipinski definition) is 0. The van der Waals surface area contributed by atoms with Gasteiger partial charge in [-0.1, -0.05) is 78.9 Å². The van der Waals surface area contributed by atoms with Crippen molar-refractivity contribution >= 4 is 59.8 Å². The molecule has 0 aliphatic heterocycles. The minimum atomic E-state index is -0.0110. The molecule has 26 heavy (non-hydrogen) atoms. The molecule has 1 aromatic heterocycles. The van der Waals surface area contributed by atoms with Gasteiger partial charge >= 0.3 is 37.7 Å². The number of fused-ring (bicyclic) bond motifs is 1. The first kappa shape index (κ1) is 18.7. The van der Waals surface area contributed by atoms with E-state index < -0.39 is 0 Å². The standard InChI is InChI=1S/C23H17NO.Ca/c25-23(21-15-19-13-7-8-14-20(19)16-24-21)22(17-9-3-1-4-10-17)18-11-5-2-6-12-18;/h1-16,25H;/q;+2. The Morgan fingerprint density at radius 2 is 1.15 bits per heavy atom. The SMILES string of the molecule is [Ca+2].[O-]C(=C(c1ccccc1)c1ccccc1)c1cc2ccccc2c[nH+]1. The maximum Gasteiger partial charge on any atom is 2.00 e. The maximum absolute atomic E-state index is 13.3. The first-order valence-corrected chi connectivity index (χ1v) is 8.26. The summed E-state index contributed by atoms with van der Waals surface area (Å²) in [5.41, 5.74) is 3.12. The number of aromatic nitrogens is 1. The van der Waals surface area contributed by atoms with Crippen LogP contribution in [0, 0.1) is 0 Å². The van der Waals surface area contributed by atoms with Crippen LogP contribution in [0.25, 0.3) is 22.1 Å². The summed E-state index contributed by atoms with van der Waals surface area (Å²) in [4.78, 5) is 3.16. The van der Waals surface area contributed by atoms with Gasteiger partial charge in [0.15, 0.2) is 11.9 Å². The van der Waals surface area contributed by atoms with Crippen molar-refractivity contribution in [2.24, 2.45) is 0 Å². The zero-order valence-corrected chi connectivity index (χ0v) is 16.6. The van der Waals surface area contributed by atoms with Crippen LogP contribution >= 0.6 is 0 Å². The summed E-state index contributed by atoms with van der Waals surface area (Å²) in [6, 6.07) is 29.6. The normalized spacial score (nSPS) is 10.2. The number of pyridine rings is 1. The van der Waals surface area contributed by atoms with Crippen LogP contribution in [0.2, 0.25) is 0 Å². The molecular weight excluding hydrogens is 346 g/mol. The predicted octanol–water partition coefficient (Wildman–Crippen LogP) is 3.55. The fourth-order valence-electron chi connectivity index (χ4n) is 3.03. The van der Waals surface area contributed by atoms with Crippen molar-refractivity contribution in [3.05, 3.63) is 114 Å². The van der Waals surface area contributed by atoms with Gasteiger partial charge in [0.25, 0.3) is 0 Å². The summed E-state index contributed by atoms with van der Waals surface area (Å²) in [6.45, 7) is 0. The molecule has 0 radical (unpaired) electrons. The Labute approximate surface area is 182 Å². The molecule has 0 aliphatic carbocycles. The molecular formula is C23H17CaNO+2. The fraction of sp³-hybridized carbons (Fsp3) is 0. The van der Waals surface area contributed by atoms with Gasteiger partial charge < -0.3 is 5.11 Å². The molecule has 0 bridgehead atoms. The molecule has 0 unspecified atom stereocenters. The van der Waals surface area contributed by atoms with E-state index in [-0.39, 0.29) is 43.5 Å². The van der Waals surface area contributed by atoms with Crippen molar-refractivity contribution in [2.75, 3.05) is 0 Å². The van der Waals surface area contributed by atoms with Crippen molar-refractivity contribution in [1.29, 1.82) is 0 Å². The molecule has 0 saturated heterocycles. The van der Waals surface area contributed by atoms with Crippen LogP contribution in [0.1, 0.15) is 16.8 Å². The zero-order valence-electron chi connectivity index (χ0n) is 14.4. The van der Waals surface area contributed by atoms with Crippen molar-refractivity contribution in [3.8, 4) is 0 Å². The van der Waals surface area contributed by atoms with Gasteiger partial charge in [-0.3, -0.25) is 0 Å². The maximum atomic E-state index is 13.3. The molecule has 4 aromatic rings. The summed E-state index contributed by atoms with van der Waals surface area (Å²) in [5.74, 6) is -0.0110. The molecule has 0 fully saturated rings. The Bertz CT molecular complexity index is 1000. The largest absolute Gasteiger partial charge is 2.00 e. The molecule has 0 saturated carbocycles. The second-order valence-corrected chi connectivity index (χ2v) is 5.91. The minimum Gasteiger partial charge on any atom is -0.868 e. The van der Waals surface area contributed by atoms with Gasteiger partial charge in [0.1, 0.15) is 0 Å². The second-order valence-electron chi connectivity index (χ2n) is 5.91. The topological polar surface area (TPSA) is 37.2 Å². The van der Waals surface area contributed by atoms with Gasteiger partial charge in [0.05, 0.1) is 0 Å². The van der Waals surface area contributed by atoms with E-state index >= 15 is 0 Å². The molecule has 1 N–H and O–H groups in total. The Morgan fingerprint density at radius 3 is 1.73 bits per heavy atom. The average Bonchev–Trinajstić information content (AvgIpc) is 2.69. The Kier molecular flexibility index (Phi) is 6.10. The molecule has 0 spiro atoms. The van der Waals surface area contributed by atoms with Gasteiger partial charge in [0.2, 0.25) is 0 Å². The van der Waals surface area contributed by atoms with Gasteiger partial charge in [-0.2, -0.15) is 0 Å². The van der Waals surface area contributed by atoms with Crippen LogP contribution in [0.4, 0.5) is 0 Å². The van der Waals surface area contributed by atoms with Gasteiger partial charge in [-0.15, -0.1) is 0 Å². The van der Waals surface area contributed by atoms with E-state index in [2.05, 4.69) is 4.98 Å². The Balaban J connectivity index is 0.00000196. The van der Waals surface area contributed by atoms with E-state index in [1.807, 2.05) is 97.2 Å². The van der Waals surface area contributed by atoms with E-state index in [1.165, 1.54) is 0 Å². The van der Waals surface area contributed by atoms with Crippen LogP contribution in [-0.4, -0.2) is 37.7 Å². The van der Waals surface area contributed by atoms with Crippen molar-refractivity contribution in [2.45, 2.75) is 0 Å². The molecule has 0 amide bonds. The second kappa shape index (κ2) is 8.50. The number of hydrogen-bond acceptors (Lipinski definition) is 1. The molecule has 2 nitrogen and oxygen atoms in total. The number of nitrogens with one attached hydrogen (secondary N) is 1. The van der Waals surface area contributed by atoms with Gasteiger partial charge in [0, 0.05) is 11.5 Å². The molecule has 0 atom stereocenters. The van der Waals surface area contributed by atoms with E-state index in [4.69, 9.17) is 0 Å². The summed E-state index contributed by atoms with van der Waals surface area (Å²) in [6.07, 6.45) is 1.89. The number of rotatable bonds is 3. The smallest absolute Gasteiger partial charge is 0.868 e. The van der Waals surface area contributed by atoms with Crippen LogP contribution in [0.5, 0.6) is 0 Å².